The van der Waals surface area contributed by atoms with E-state index in [1.807, 2.05) is 18.2 Å². The van der Waals surface area contributed by atoms with E-state index in [2.05, 4.69) is 17.9 Å². The molecule has 0 amide bonds. The highest BCUT2D eigenvalue weighted by Crippen LogP contribution is 2.28. The Morgan fingerprint density at radius 3 is 1.65 bits per heavy atom. The van der Waals surface area contributed by atoms with Crippen molar-refractivity contribution in [3.8, 4) is 36.1 Å². The Morgan fingerprint density at radius 1 is 0.706 bits per heavy atom. The lowest BCUT2D eigenvalue weighted by atomic mass is 9.81. The lowest BCUT2D eigenvalue weighted by molar-refractivity contribution is 0.457. The number of unbranched alkanes of at least 4 members (excludes halogenated alkanes) is 1. The lowest BCUT2D eigenvalue weighted by Crippen LogP contribution is -2.16. The molecule has 0 saturated heterocycles. The van der Waals surface area contributed by atoms with Crippen LogP contribution in [0.4, 0.5) is 0 Å². The molecule has 0 bridgehead atoms. The zero-order chi connectivity index (χ0) is 13.0. The largest absolute Gasteiger partial charge is 0.198 e. The molecular weight excluding hydrogens is 212 g/mol. The van der Waals surface area contributed by atoms with Gasteiger partial charge in [0.2, 0.25) is 0 Å². The number of hydrogen-bond donors (Lipinski definition) is 0. The van der Waals surface area contributed by atoms with Crippen molar-refractivity contribution >= 4 is 0 Å². The van der Waals surface area contributed by atoms with Crippen molar-refractivity contribution in [2.24, 2.45) is 5.41 Å². The summed E-state index contributed by atoms with van der Waals surface area (Å²) in [7, 11) is 0. The van der Waals surface area contributed by atoms with Crippen LogP contribution in [-0.4, -0.2) is 0 Å². The van der Waals surface area contributed by atoms with E-state index in [0.717, 1.165) is 0 Å². The van der Waals surface area contributed by atoms with Gasteiger partial charge in [0, 0.05) is 25.7 Å². The van der Waals surface area contributed by atoms with Crippen LogP contribution < -0.4 is 0 Å². The highest BCUT2D eigenvalue weighted by atomic mass is 14.4. The zero-order valence-electron chi connectivity index (χ0n) is 9.53. The maximum Gasteiger partial charge on any atom is 0.120 e. The van der Waals surface area contributed by atoms with E-state index in [1.165, 1.54) is 0 Å². The molecule has 0 saturated carbocycles. The Bertz CT molecular complexity index is 435. The third-order valence-electron chi connectivity index (χ3n) is 2.23. The molecule has 0 atom stereocenters. The molecular formula is C13H12N4. The summed E-state index contributed by atoms with van der Waals surface area (Å²) in [6.07, 6.45) is 1.92. The second-order valence-corrected chi connectivity index (χ2v) is 3.47. The smallest absolute Gasteiger partial charge is 0.120 e. The highest BCUT2D eigenvalue weighted by Gasteiger charge is 2.26. The summed E-state index contributed by atoms with van der Waals surface area (Å²) in [5, 5.41) is 34.6. The molecule has 0 aromatic carbocycles. The summed E-state index contributed by atoms with van der Waals surface area (Å²) in [6, 6.07) is 8.03. The van der Waals surface area contributed by atoms with Gasteiger partial charge in [0.1, 0.15) is 5.41 Å². The molecule has 0 rings (SSSR count). The summed E-state index contributed by atoms with van der Waals surface area (Å²) in [6.45, 7) is 0. The molecule has 0 radical (unpaired) electrons. The van der Waals surface area contributed by atoms with Gasteiger partial charge in [-0.1, -0.05) is 5.92 Å². The maximum absolute atomic E-state index is 9.15. The molecule has 0 aliphatic heterocycles. The predicted molar refractivity (Wildman–Crippen MR) is 60.4 cm³/mol. The van der Waals surface area contributed by atoms with Crippen LogP contribution in [0.25, 0.3) is 0 Å². The normalized spacial score (nSPS) is 8.71. The standard InChI is InChI=1S/C13H12N4/c14-9-3-1-2-6-13(12-17,7-4-10-15)8-5-11-16/h1,3-5,7-8H2. The average molecular weight is 224 g/mol. The van der Waals surface area contributed by atoms with Gasteiger partial charge in [0.05, 0.1) is 24.3 Å². The van der Waals surface area contributed by atoms with Gasteiger partial charge in [-0.3, -0.25) is 0 Å². The average Bonchev–Trinajstić information content (AvgIpc) is 2.37. The highest BCUT2D eigenvalue weighted by molar-refractivity contribution is 5.22. The number of hydrogen-bond acceptors (Lipinski definition) is 4. The van der Waals surface area contributed by atoms with Crippen LogP contribution in [0.1, 0.15) is 38.5 Å². The van der Waals surface area contributed by atoms with Crippen LogP contribution in [0.2, 0.25) is 0 Å². The zero-order valence-corrected chi connectivity index (χ0v) is 9.53. The first-order valence-corrected chi connectivity index (χ1v) is 5.27. The van der Waals surface area contributed by atoms with Crippen LogP contribution in [0.15, 0.2) is 0 Å². The number of rotatable bonds is 5. The minimum atomic E-state index is -0.916. The lowest BCUT2D eigenvalue weighted by Gasteiger charge is -2.17. The van der Waals surface area contributed by atoms with Gasteiger partial charge in [-0.2, -0.15) is 21.0 Å². The summed E-state index contributed by atoms with van der Waals surface area (Å²) >= 11 is 0. The van der Waals surface area contributed by atoms with Crippen molar-refractivity contribution in [1.82, 2.24) is 0 Å². The van der Waals surface area contributed by atoms with Crippen molar-refractivity contribution in [1.29, 1.82) is 21.0 Å². The number of nitriles is 4. The fourth-order valence-electron chi connectivity index (χ4n) is 1.28. The monoisotopic (exact) mass is 224 g/mol. The Balaban J connectivity index is 4.74. The first-order chi connectivity index (χ1) is 8.24. The fraction of sp³-hybridized carbons (Fsp3) is 0.538. The van der Waals surface area contributed by atoms with E-state index < -0.39 is 5.41 Å². The molecule has 0 aromatic rings. The van der Waals surface area contributed by atoms with Gasteiger partial charge >= 0.3 is 0 Å². The molecule has 0 heterocycles. The molecule has 0 aromatic heterocycles. The first-order valence-electron chi connectivity index (χ1n) is 5.27. The Hall–Kier alpha value is -2.48. The second-order valence-electron chi connectivity index (χ2n) is 3.47. The summed E-state index contributed by atoms with van der Waals surface area (Å²) in [5.41, 5.74) is -0.916. The first kappa shape index (κ1) is 14.5. The third kappa shape index (κ3) is 5.85. The fourth-order valence-corrected chi connectivity index (χ4v) is 1.28. The van der Waals surface area contributed by atoms with Crippen LogP contribution in [0.3, 0.4) is 0 Å². The van der Waals surface area contributed by atoms with Crippen LogP contribution in [-0.2, 0) is 0 Å². The Kier molecular flexibility index (Phi) is 7.51. The van der Waals surface area contributed by atoms with Crippen LogP contribution >= 0.6 is 0 Å². The van der Waals surface area contributed by atoms with E-state index in [1.54, 1.807) is 0 Å². The van der Waals surface area contributed by atoms with Crippen molar-refractivity contribution in [2.45, 2.75) is 38.5 Å². The minimum absolute atomic E-state index is 0.242. The van der Waals surface area contributed by atoms with E-state index in [0.29, 0.717) is 25.7 Å². The quantitative estimate of drug-likeness (QED) is 0.529. The summed E-state index contributed by atoms with van der Waals surface area (Å²) in [4.78, 5) is 0. The number of nitrogens with zero attached hydrogens (tertiary/aromatic N) is 4. The molecule has 0 aliphatic rings. The van der Waals surface area contributed by atoms with E-state index in [9.17, 15) is 0 Å². The van der Waals surface area contributed by atoms with Gasteiger partial charge in [0.25, 0.3) is 0 Å². The van der Waals surface area contributed by atoms with Crippen molar-refractivity contribution in [3.63, 3.8) is 0 Å². The van der Waals surface area contributed by atoms with Gasteiger partial charge in [0.15, 0.2) is 0 Å². The van der Waals surface area contributed by atoms with Crippen molar-refractivity contribution < 1.29 is 0 Å². The molecule has 0 N–H and O–H groups in total. The molecule has 0 fully saturated rings. The van der Waals surface area contributed by atoms with Gasteiger partial charge in [-0.15, -0.1) is 5.92 Å². The molecule has 4 heteroatoms. The van der Waals surface area contributed by atoms with Crippen molar-refractivity contribution in [2.75, 3.05) is 0 Å². The van der Waals surface area contributed by atoms with Gasteiger partial charge < -0.3 is 0 Å². The topological polar surface area (TPSA) is 95.2 Å². The Morgan fingerprint density at radius 2 is 1.24 bits per heavy atom. The molecule has 0 aliphatic carbocycles. The van der Waals surface area contributed by atoms with E-state index in [-0.39, 0.29) is 12.8 Å². The molecule has 4 nitrogen and oxygen atoms in total. The van der Waals surface area contributed by atoms with Gasteiger partial charge in [-0.25, -0.2) is 0 Å². The minimum Gasteiger partial charge on any atom is -0.198 e. The third-order valence-corrected chi connectivity index (χ3v) is 2.23. The predicted octanol–water partition coefficient (Wildman–Crippen LogP) is 2.41. The van der Waals surface area contributed by atoms with E-state index in [4.69, 9.17) is 21.0 Å². The second kappa shape index (κ2) is 8.80. The molecule has 0 spiro atoms. The molecule has 17 heavy (non-hydrogen) atoms. The van der Waals surface area contributed by atoms with E-state index >= 15 is 0 Å². The summed E-state index contributed by atoms with van der Waals surface area (Å²) in [5.74, 6) is 5.61. The summed E-state index contributed by atoms with van der Waals surface area (Å²) < 4.78 is 0. The molecule has 84 valence electrons. The van der Waals surface area contributed by atoms with Crippen molar-refractivity contribution in [3.05, 3.63) is 0 Å². The molecule has 0 unspecified atom stereocenters. The van der Waals surface area contributed by atoms with Gasteiger partial charge in [-0.05, 0) is 12.8 Å². The Labute approximate surface area is 102 Å². The van der Waals surface area contributed by atoms with Crippen LogP contribution in [0.5, 0.6) is 0 Å². The van der Waals surface area contributed by atoms with Crippen LogP contribution in [0, 0.1) is 62.6 Å². The maximum atomic E-state index is 9.15. The SMILES string of the molecule is N#CCCC#CC(C#N)(CCC#N)CCC#N.